The second-order valence-corrected chi connectivity index (χ2v) is 5.15. The van der Waals surface area contributed by atoms with Gasteiger partial charge in [0.1, 0.15) is 0 Å². The molecule has 1 aromatic carbocycles. The van der Waals surface area contributed by atoms with E-state index in [1.54, 1.807) is 38.1 Å². The number of anilines is 2. The number of benzene rings is 1. The maximum atomic E-state index is 11.9. The number of hydrazone groups is 1. The second-order valence-electron chi connectivity index (χ2n) is 4.40. The van der Waals surface area contributed by atoms with E-state index in [4.69, 9.17) is 0 Å². The van der Waals surface area contributed by atoms with Crippen LogP contribution in [0.4, 0.5) is 15.5 Å². The zero-order valence-electron chi connectivity index (χ0n) is 12.0. The van der Waals surface area contributed by atoms with Crippen molar-refractivity contribution in [3.8, 4) is 0 Å². The van der Waals surface area contributed by atoms with Gasteiger partial charge in [0.25, 0.3) is 5.91 Å². The first kappa shape index (κ1) is 15.6. The van der Waals surface area contributed by atoms with Gasteiger partial charge in [-0.05, 0) is 26.0 Å². The lowest BCUT2D eigenvalue weighted by Crippen LogP contribution is -2.23. The second kappa shape index (κ2) is 7.27. The van der Waals surface area contributed by atoms with Gasteiger partial charge in [0, 0.05) is 22.9 Å². The first-order chi connectivity index (χ1) is 10.6. The van der Waals surface area contributed by atoms with Crippen LogP contribution in [0.1, 0.15) is 24.3 Å². The lowest BCUT2D eigenvalue weighted by molar-refractivity contribution is 0.0950. The maximum absolute atomic E-state index is 11.9. The summed E-state index contributed by atoms with van der Waals surface area (Å²) in [6.07, 6.45) is 0. The predicted molar refractivity (Wildman–Crippen MR) is 85.2 cm³/mol. The number of para-hydroxylation sites is 1. The van der Waals surface area contributed by atoms with E-state index in [2.05, 4.69) is 30.7 Å². The van der Waals surface area contributed by atoms with Crippen molar-refractivity contribution in [3.63, 3.8) is 0 Å². The number of carbonyl (C=O) groups excluding carboxylic acids is 2. The SMILES string of the molecule is CC(C)=NNC(=O)c1nnsc1NC(=O)Nc1ccccc1. The highest BCUT2D eigenvalue weighted by Gasteiger charge is 2.18. The molecule has 0 saturated heterocycles. The number of hydrogen-bond acceptors (Lipinski definition) is 6. The number of carbonyl (C=O) groups is 2. The Hall–Kier alpha value is -2.81. The van der Waals surface area contributed by atoms with Gasteiger partial charge in [0.2, 0.25) is 0 Å². The van der Waals surface area contributed by atoms with Gasteiger partial charge in [-0.25, -0.2) is 10.2 Å². The molecule has 9 heteroatoms. The normalized spacial score (nSPS) is 9.73. The van der Waals surface area contributed by atoms with Gasteiger partial charge >= 0.3 is 6.03 Å². The first-order valence-electron chi connectivity index (χ1n) is 6.33. The van der Waals surface area contributed by atoms with Gasteiger partial charge in [0.15, 0.2) is 10.7 Å². The van der Waals surface area contributed by atoms with E-state index in [1.165, 1.54) is 0 Å². The number of rotatable bonds is 4. The summed E-state index contributed by atoms with van der Waals surface area (Å²) in [6, 6.07) is 8.45. The molecular weight excluding hydrogens is 304 g/mol. The Labute approximate surface area is 130 Å². The average Bonchev–Trinajstić information content (AvgIpc) is 2.93. The van der Waals surface area contributed by atoms with Crippen molar-refractivity contribution < 1.29 is 9.59 Å². The summed E-state index contributed by atoms with van der Waals surface area (Å²) in [5.41, 5.74) is 3.66. The Balaban J connectivity index is 2.02. The smallest absolute Gasteiger partial charge is 0.308 e. The molecule has 0 radical (unpaired) electrons. The summed E-state index contributed by atoms with van der Waals surface area (Å²) >= 11 is 0.909. The van der Waals surface area contributed by atoms with Gasteiger partial charge in [-0.15, -0.1) is 5.10 Å². The zero-order valence-corrected chi connectivity index (χ0v) is 12.8. The van der Waals surface area contributed by atoms with Crippen LogP contribution in [0.3, 0.4) is 0 Å². The molecule has 0 spiro atoms. The number of nitrogens with one attached hydrogen (secondary N) is 3. The molecule has 3 amide bonds. The third kappa shape index (κ3) is 4.35. The predicted octanol–water partition coefficient (Wildman–Crippen LogP) is 2.31. The number of hydrogen-bond donors (Lipinski definition) is 3. The van der Waals surface area contributed by atoms with Gasteiger partial charge in [0.05, 0.1) is 0 Å². The molecule has 3 N–H and O–H groups in total. The van der Waals surface area contributed by atoms with Gasteiger partial charge in [-0.2, -0.15) is 5.10 Å². The number of urea groups is 1. The molecule has 114 valence electrons. The molecule has 8 nitrogen and oxygen atoms in total. The minimum absolute atomic E-state index is 0.0122. The summed E-state index contributed by atoms with van der Waals surface area (Å²) in [7, 11) is 0. The highest BCUT2D eigenvalue weighted by Crippen LogP contribution is 2.18. The molecule has 2 rings (SSSR count). The van der Waals surface area contributed by atoms with Crippen LogP contribution >= 0.6 is 11.5 Å². The molecule has 1 aromatic heterocycles. The van der Waals surface area contributed by atoms with Crippen LogP contribution in [-0.2, 0) is 0 Å². The van der Waals surface area contributed by atoms with Crippen molar-refractivity contribution in [2.75, 3.05) is 10.6 Å². The third-order valence-corrected chi connectivity index (χ3v) is 2.98. The van der Waals surface area contributed by atoms with Gasteiger partial charge in [-0.1, -0.05) is 22.7 Å². The molecule has 2 aromatic rings. The lowest BCUT2D eigenvalue weighted by Gasteiger charge is -2.06. The molecule has 0 aliphatic carbocycles. The Morgan fingerprint density at radius 1 is 1.14 bits per heavy atom. The van der Waals surface area contributed by atoms with Crippen LogP contribution in [0.25, 0.3) is 0 Å². The van der Waals surface area contributed by atoms with E-state index in [9.17, 15) is 9.59 Å². The Morgan fingerprint density at radius 3 is 2.55 bits per heavy atom. The summed E-state index contributed by atoms with van der Waals surface area (Å²) < 4.78 is 3.67. The molecule has 0 aliphatic heterocycles. The van der Waals surface area contributed by atoms with Crippen molar-refractivity contribution in [1.29, 1.82) is 0 Å². The van der Waals surface area contributed by atoms with Crippen LogP contribution in [0.5, 0.6) is 0 Å². The monoisotopic (exact) mass is 318 g/mol. The fourth-order valence-corrected chi connectivity index (χ4v) is 1.99. The van der Waals surface area contributed by atoms with E-state index in [1.807, 2.05) is 6.07 Å². The Kier molecular flexibility index (Phi) is 5.15. The number of nitrogens with zero attached hydrogens (tertiary/aromatic N) is 3. The van der Waals surface area contributed by atoms with Gasteiger partial charge < -0.3 is 5.32 Å². The van der Waals surface area contributed by atoms with Crippen LogP contribution in [0, 0.1) is 0 Å². The largest absolute Gasteiger partial charge is 0.324 e. The molecule has 0 aliphatic rings. The fraction of sp³-hybridized carbons (Fsp3) is 0.154. The molecule has 22 heavy (non-hydrogen) atoms. The van der Waals surface area contributed by atoms with Crippen molar-refractivity contribution in [2.45, 2.75) is 13.8 Å². The summed E-state index contributed by atoms with van der Waals surface area (Å²) in [4.78, 5) is 23.8. The molecule has 0 saturated carbocycles. The van der Waals surface area contributed by atoms with E-state index in [0.717, 1.165) is 11.5 Å². The topological polar surface area (TPSA) is 108 Å². The minimum Gasteiger partial charge on any atom is -0.308 e. The third-order valence-electron chi connectivity index (χ3n) is 2.34. The maximum Gasteiger partial charge on any atom is 0.324 e. The average molecular weight is 318 g/mol. The first-order valence-corrected chi connectivity index (χ1v) is 7.10. The van der Waals surface area contributed by atoms with Crippen molar-refractivity contribution in [3.05, 3.63) is 36.0 Å². The number of amides is 3. The van der Waals surface area contributed by atoms with Crippen molar-refractivity contribution in [1.82, 2.24) is 15.0 Å². The van der Waals surface area contributed by atoms with Crippen LogP contribution in [0.2, 0.25) is 0 Å². The van der Waals surface area contributed by atoms with Crippen molar-refractivity contribution >= 4 is 39.9 Å². The number of aromatic nitrogens is 2. The Bertz CT molecular complexity index is 694. The summed E-state index contributed by atoms with van der Waals surface area (Å²) in [5.74, 6) is -0.537. The van der Waals surface area contributed by atoms with E-state index in [0.29, 0.717) is 11.4 Å². The molecular formula is C13H14N6O2S. The van der Waals surface area contributed by atoms with Crippen LogP contribution in [-0.4, -0.2) is 27.2 Å². The highest BCUT2D eigenvalue weighted by atomic mass is 32.1. The lowest BCUT2D eigenvalue weighted by atomic mass is 10.3. The van der Waals surface area contributed by atoms with E-state index >= 15 is 0 Å². The highest BCUT2D eigenvalue weighted by molar-refractivity contribution is 7.10. The standard InChI is InChI=1S/C13H14N6O2S/c1-8(2)16-18-11(20)10-12(22-19-17-10)15-13(21)14-9-6-4-3-5-7-9/h3-7H,1-2H3,(H,18,20)(H2,14,15,21). The zero-order chi connectivity index (χ0) is 15.9. The van der Waals surface area contributed by atoms with E-state index in [-0.39, 0.29) is 10.7 Å². The van der Waals surface area contributed by atoms with Crippen LogP contribution in [0.15, 0.2) is 35.4 Å². The van der Waals surface area contributed by atoms with Gasteiger partial charge in [-0.3, -0.25) is 10.1 Å². The molecule has 0 fully saturated rings. The minimum atomic E-state index is -0.537. The van der Waals surface area contributed by atoms with E-state index < -0.39 is 11.9 Å². The quantitative estimate of drug-likeness (QED) is 0.593. The molecule has 1 heterocycles. The molecule has 0 bridgehead atoms. The van der Waals surface area contributed by atoms with Crippen molar-refractivity contribution in [2.24, 2.45) is 5.10 Å². The molecule has 0 unspecified atom stereocenters. The Morgan fingerprint density at radius 2 is 1.86 bits per heavy atom. The van der Waals surface area contributed by atoms with Crippen LogP contribution < -0.4 is 16.1 Å². The summed E-state index contributed by atoms with van der Waals surface area (Å²) in [5, 5.41) is 12.9. The molecule has 0 atom stereocenters. The fourth-order valence-electron chi connectivity index (χ4n) is 1.42. The summed E-state index contributed by atoms with van der Waals surface area (Å²) in [6.45, 7) is 3.48.